The molecule has 2 amide bonds. The summed E-state index contributed by atoms with van der Waals surface area (Å²) < 4.78 is 10.4. The molecule has 0 aliphatic carbocycles. The minimum Gasteiger partial charge on any atom is -0.467 e. The van der Waals surface area contributed by atoms with Gasteiger partial charge in [-0.3, -0.25) is 14.4 Å². The predicted octanol–water partition coefficient (Wildman–Crippen LogP) is 0.465. The molecular weight excluding hydrogens is 276 g/mol. The average molecular weight is 294 g/mol. The van der Waals surface area contributed by atoms with E-state index in [1.807, 2.05) is 6.07 Å². The first-order valence-corrected chi connectivity index (χ1v) is 7.06. The lowest BCUT2D eigenvalue weighted by Gasteiger charge is -2.15. The van der Waals surface area contributed by atoms with Crippen LogP contribution in [0.3, 0.4) is 0 Å². The number of carbonyl (C=O) groups is 2. The van der Waals surface area contributed by atoms with Gasteiger partial charge in [0.1, 0.15) is 11.9 Å². The van der Waals surface area contributed by atoms with Gasteiger partial charge in [-0.25, -0.2) is 5.48 Å². The van der Waals surface area contributed by atoms with Gasteiger partial charge in [0.2, 0.25) is 11.8 Å². The summed E-state index contributed by atoms with van der Waals surface area (Å²) in [5, 5.41) is 0. The quantitative estimate of drug-likeness (QED) is 0.798. The van der Waals surface area contributed by atoms with Crippen LogP contribution in [0.2, 0.25) is 0 Å². The third-order valence-corrected chi connectivity index (χ3v) is 3.73. The highest BCUT2D eigenvalue weighted by Crippen LogP contribution is 2.20. The first-order valence-electron chi connectivity index (χ1n) is 7.06. The van der Waals surface area contributed by atoms with Crippen molar-refractivity contribution in [3.05, 3.63) is 24.2 Å². The standard InChI is InChI=1S/C14H18N2O5/c17-13-6-10(7-16(13)8-11-2-1-4-20-11)14(18)15-21-12-3-5-19-9-12/h1-2,4,10,12H,3,5-9H2,(H,15,18). The summed E-state index contributed by atoms with van der Waals surface area (Å²) in [5.74, 6) is 0.0338. The van der Waals surface area contributed by atoms with Crippen LogP contribution >= 0.6 is 0 Å². The summed E-state index contributed by atoms with van der Waals surface area (Å²) in [5.41, 5.74) is 2.45. The van der Waals surface area contributed by atoms with E-state index in [9.17, 15) is 9.59 Å². The first kappa shape index (κ1) is 14.1. The van der Waals surface area contributed by atoms with Gasteiger partial charge < -0.3 is 14.1 Å². The van der Waals surface area contributed by atoms with Crippen LogP contribution in [0.25, 0.3) is 0 Å². The summed E-state index contributed by atoms with van der Waals surface area (Å²) in [6, 6.07) is 3.58. The van der Waals surface area contributed by atoms with Gasteiger partial charge in [0, 0.05) is 26.0 Å². The van der Waals surface area contributed by atoms with E-state index in [1.54, 1.807) is 17.2 Å². The van der Waals surface area contributed by atoms with Crippen LogP contribution in [0, 0.1) is 5.92 Å². The second kappa shape index (κ2) is 6.28. The monoisotopic (exact) mass is 294 g/mol. The molecule has 1 aromatic heterocycles. The second-order valence-electron chi connectivity index (χ2n) is 5.32. The Bertz CT molecular complexity index is 495. The number of hydrogen-bond donors (Lipinski definition) is 1. The molecule has 0 spiro atoms. The van der Waals surface area contributed by atoms with E-state index in [0.29, 0.717) is 32.1 Å². The summed E-state index contributed by atoms with van der Waals surface area (Å²) in [7, 11) is 0. The number of nitrogens with one attached hydrogen (secondary N) is 1. The maximum atomic E-state index is 12.0. The van der Waals surface area contributed by atoms with Crippen molar-refractivity contribution in [3.63, 3.8) is 0 Å². The average Bonchev–Trinajstić information content (AvgIpc) is 3.20. The molecule has 2 aliphatic heterocycles. The number of furan rings is 1. The largest absolute Gasteiger partial charge is 0.467 e. The van der Waals surface area contributed by atoms with Crippen molar-refractivity contribution in [1.82, 2.24) is 10.4 Å². The predicted molar refractivity (Wildman–Crippen MR) is 70.7 cm³/mol. The van der Waals surface area contributed by atoms with Crippen molar-refractivity contribution >= 4 is 11.8 Å². The van der Waals surface area contributed by atoms with Gasteiger partial charge in [-0.05, 0) is 12.1 Å². The van der Waals surface area contributed by atoms with E-state index >= 15 is 0 Å². The Kier molecular flexibility index (Phi) is 4.21. The fourth-order valence-electron chi connectivity index (χ4n) is 2.52. The molecule has 3 rings (SSSR count). The summed E-state index contributed by atoms with van der Waals surface area (Å²) in [6.07, 6.45) is 2.45. The molecule has 0 bridgehead atoms. The van der Waals surface area contributed by atoms with Crippen molar-refractivity contribution in [2.75, 3.05) is 19.8 Å². The van der Waals surface area contributed by atoms with Crippen molar-refractivity contribution in [3.8, 4) is 0 Å². The smallest absolute Gasteiger partial charge is 0.248 e. The van der Waals surface area contributed by atoms with Gasteiger partial charge >= 0.3 is 0 Å². The molecule has 2 unspecified atom stereocenters. The topological polar surface area (TPSA) is 81.0 Å². The lowest BCUT2D eigenvalue weighted by Crippen LogP contribution is -2.35. The minimum absolute atomic E-state index is 0.0456. The molecule has 2 aliphatic rings. The number of nitrogens with zero attached hydrogens (tertiary/aromatic N) is 1. The number of rotatable bonds is 5. The van der Waals surface area contributed by atoms with E-state index in [0.717, 1.165) is 6.42 Å². The number of hydrogen-bond acceptors (Lipinski definition) is 5. The molecule has 2 atom stereocenters. The van der Waals surface area contributed by atoms with Gasteiger partial charge in [0.05, 0.1) is 25.3 Å². The zero-order valence-corrected chi connectivity index (χ0v) is 11.6. The molecule has 0 radical (unpaired) electrons. The Balaban J connectivity index is 1.47. The van der Waals surface area contributed by atoms with E-state index in [4.69, 9.17) is 14.0 Å². The highest BCUT2D eigenvalue weighted by Gasteiger charge is 2.35. The molecule has 2 fully saturated rings. The SMILES string of the molecule is O=C(NOC1CCOC1)C1CC(=O)N(Cc2ccco2)C1. The molecule has 114 valence electrons. The molecular formula is C14H18N2O5. The molecule has 21 heavy (non-hydrogen) atoms. The fourth-order valence-corrected chi connectivity index (χ4v) is 2.52. The van der Waals surface area contributed by atoms with E-state index in [-0.39, 0.29) is 30.3 Å². The number of amides is 2. The van der Waals surface area contributed by atoms with Crippen LogP contribution in [0.15, 0.2) is 22.8 Å². The summed E-state index contributed by atoms with van der Waals surface area (Å²) in [6.45, 7) is 1.93. The Morgan fingerprint density at radius 1 is 1.52 bits per heavy atom. The Morgan fingerprint density at radius 3 is 3.14 bits per heavy atom. The van der Waals surface area contributed by atoms with Crippen LogP contribution in [-0.2, 0) is 25.7 Å². The Labute approximate surface area is 122 Å². The van der Waals surface area contributed by atoms with Gasteiger partial charge in [-0.15, -0.1) is 0 Å². The van der Waals surface area contributed by atoms with E-state index < -0.39 is 0 Å². The van der Waals surface area contributed by atoms with Crippen LogP contribution in [0.1, 0.15) is 18.6 Å². The van der Waals surface area contributed by atoms with Crippen LogP contribution in [-0.4, -0.2) is 42.6 Å². The molecule has 1 N–H and O–H groups in total. The van der Waals surface area contributed by atoms with Crippen LogP contribution < -0.4 is 5.48 Å². The Hall–Kier alpha value is -1.86. The third-order valence-electron chi connectivity index (χ3n) is 3.73. The van der Waals surface area contributed by atoms with Crippen molar-refractivity contribution in [2.24, 2.45) is 5.92 Å². The minimum atomic E-state index is -0.380. The maximum absolute atomic E-state index is 12.0. The van der Waals surface area contributed by atoms with Crippen molar-refractivity contribution in [1.29, 1.82) is 0 Å². The molecule has 7 heteroatoms. The zero-order chi connectivity index (χ0) is 14.7. The maximum Gasteiger partial charge on any atom is 0.248 e. The Morgan fingerprint density at radius 2 is 2.43 bits per heavy atom. The molecule has 0 saturated carbocycles. The third kappa shape index (κ3) is 3.43. The van der Waals surface area contributed by atoms with Crippen molar-refractivity contribution in [2.45, 2.75) is 25.5 Å². The second-order valence-corrected chi connectivity index (χ2v) is 5.32. The zero-order valence-electron chi connectivity index (χ0n) is 11.6. The van der Waals surface area contributed by atoms with Gasteiger partial charge in [-0.1, -0.05) is 0 Å². The molecule has 2 saturated heterocycles. The van der Waals surface area contributed by atoms with Gasteiger partial charge in [0.25, 0.3) is 0 Å². The number of ether oxygens (including phenoxy) is 1. The van der Waals surface area contributed by atoms with E-state index in [1.165, 1.54) is 0 Å². The number of likely N-dealkylation sites (tertiary alicyclic amines) is 1. The number of hydroxylamine groups is 1. The highest BCUT2D eigenvalue weighted by molar-refractivity contribution is 5.88. The summed E-state index contributed by atoms with van der Waals surface area (Å²) >= 11 is 0. The number of carbonyl (C=O) groups excluding carboxylic acids is 2. The first-order chi connectivity index (χ1) is 10.2. The van der Waals surface area contributed by atoms with Crippen LogP contribution in [0.4, 0.5) is 0 Å². The van der Waals surface area contributed by atoms with Crippen LogP contribution in [0.5, 0.6) is 0 Å². The molecule has 3 heterocycles. The highest BCUT2D eigenvalue weighted by atomic mass is 16.7. The molecule has 0 aromatic carbocycles. The molecule has 1 aromatic rings. The summed E-state index contributed by atoms with van der Waals surface area (Å²) in [4.78, 5) is 30.8. The lowest BCUT2D eigenvalue weighted by molar-refractivity contribution is -0.142. The fraction of sp³-hybridized carbons (Fsp3) is 0.571. The molecule has 7 nitrogen and oxygen atoms in total. The normalized spacial score (nSPS) is 25.5. The van der Waals surface area contributed by atoms with Gasteiger partial charge in [0.15, 0.2) is 0 Å². The van der Waals surface area contributed by atoms with Gasteiger partial charge in [-0.2, -0.15) is 0 Å². The van der Waals surface area contributed by atoms with E-state index in [2.05, 4.69) is 5.48 Å². The van der Waals surface area contributed by atoms with Crippen molar-refractivity contribution < 1.29 is 23.6 Å². The lowest BCUT2D eigenvalue weighted by atomic mass is 10.1.